The Morgan fingerprint density at radius 3 is 2.54 bits per heavy atom. The van der Waals surface area contributed by atoms with E-state index in [-0.39, 0.29) is 18.2 Å². The number of carbonyl (C=O) groups is 1. The zero-order valence-corrected chi connectivity index (χ0v) is 14.2. The highest BCUT2D eigenvalue weighted by Crippen LogP contribution is 2.39. The average Bonchev–Trinajstić information content (AvgIpc) is 2.62. The van der Waals surface area contributed by atoms with Crippen LogP contribution in [0.3, 0.4) is 0 Å². The van der Waals surface area contributed by atoms with Crippen molar-refractivity contribution in [2.45, 2.75) is 38.8 Å². The van der Waals surface area contributed by atoms with E-state index in [1.807, 2.05) is 0 Å². The molecule has 2 aromatic rings. The normalized spacial score (nSPS) is 13.8. The molecular formula is C19H18F3NO3. The van der Waals surface area contributed by atoms with Crippen molar-refractivity contribution in [1.29, 1.82) is 0 Å². The lowest BCUT2D eigenvalue weighted by Gasteiger charge is -2.21. The molecule has 26 heavy (non-hydrogen) atoms. The van der Waals surface area contributed by atoms with Crippen molar-refractivity contribution in [1.82, 2.24) is 4.98 Å². The van der Waals surface area contributed by atoms with Gasteiger partial charge in [0.2, 0.25) is 5.88 Å². The van der Waals surface area contributed by atoms with Crippen molar-refractivity contribution in [2.75, 3.05) is 6.61 Å². The van der Waals surface area contributed by atoms with Crippen molar-refractivity contribution in [2.24, 2.45) is 0 Å². The van der Waals surface area contributed by atoms with Gasteiger partial charge in [0.1, 0.15) is 5.75 Å². The van der Waals surface area contributed by atoms with Gasteiger partial charge in [-0.05, 0) is 50.3 Å². The molecule has 0 amide bonds. The van der Waals surface area contributed by atoms with Gasteiger partial charge in [0.25, 0.3) is 0 Å². The number of nitrogens with zero attached hydrogens (tertiary/aromatic N) is 1. The lowest BCUT2D eigenvalue weighted by atomic mass is 9.89. The number of benzene rings is 1. The van der Waals surface area contributed by atoms with E-state index in [0.29, 0.717) is 24.0 Å². The van der Waals surface area contributed by atoms with E-state index < -0.39 is 17.7 Å². The van der Waals surface area contributed by atoms with E-state index in [1.54, 1.807) is 6.92 Å². The second-order valence-electron chi connectivity index (χ2n) is 5.96. The summed E-state index contributed by atoms with van der Waals surface area (Å²) in [6.45, 7) is 1.95. The topological polar surface area (TPSA) is 48.4 Å². The van der Waals surface area contributed by atoms with E-state index in [1.165, 1.54) is 24.4 Å². The minimum Gasteiger partial charge on any atom is -0.462 e. The fourth-order valence-corrected chi connectivity index (χ4v) is 3.08. The predicted molar refractivity (Wildman–Crippen MR) is 88.4 cm³/mol. The van der Waals surface area contributed by atoms with Crippen LogP contribution in [0.25, 0.3) is 0 Å². The number of aromatic nitrogens is 1. The number of hydrogen-bond acceptors (Lipinski definition) is 4. The van der Waals surface area contributed by atoms with Crippen LogP contribution in [0.1, 0.15) is 46.8 Å². The molecule has 7 heteroatoms. The molecule has 0 bridgehead atoms. The fourth-order valence-electron chi connectivity index (χ4n) is 3.08. The lowest BCUT2D eigenvalue weighted by Crippen LogP contribution is -2.15. The van der Waals surface area contributed by atoms with Gasteiger partial charge >= 0.3 is 12.1 Å². The predicted octanol–water partition coefficient (Wildman–Crippen LogP) is 4.95. The maximum atomic E-state index is 13.2. The van der Waals surface area contributed by atoms with E-state index in [2.05, 4.69) is 4.98 Å². The third-order valence-corrected chi connectivity index (χ3v) is 4.26. The molecule has 0 saturated heterocycles. The van der Waals surface area contributed by atoms with Crippen LogP contribution in [-0.2, 0) is 23.8 Å². The monoisotopic (exact) mass is 365 g/mol. The first-order chi connectivity index (χ1) is 12.4. The summed E-state index contributed by atoms with van der Waals surface area (Å²) in [5, 5.41) is 0. The van der Waals surface area contributed by atoms with Gasteiger partial charge in [0.05, 0.1) is 17.7 Å². The highest BCUT2D eigenvalue weighted by atomic mass is 19.4. The number of halogens is 3. The minimum absolute atomic E-state index is 0.115. The zero-order valence-electron chi connectivity index (χ0n) is 14.2. The summed E-state index contributed by atoms with van der Waals surface area (Å²) in [5.74, 6) is -0.658. The van der Waals surface area contributed by atoms with Crippen LogP contribution >= 0.6 is 0 Å². The molecule has 0 saturated carbocycles. The molecule has 0 aliphatic heterocycles. The highest BCUT2D eigenvalue weighted by Gasteiger charge is 2.34. The number of hydrogen-bond donors (Lipinski definition) is 0. The number of esters is 1. The number of fused-ring (bicyclic) bond motifs is 1. The molecule has 138 valence electrons. The van der Waals surface area contributed by atoms with Crippen LogP contribution in [0, 0.1) is 0 Å². The quantitative estimate of drug-likeness (QED) is 0.720. The third-order valence-electron chi connectivity index (χ3n) is 4.26. The Balaban J connectivity index is 2.01. The Labute approximate surface area is 149 Å². The summed E-state index contributed by atoms with van der Waals surface area (Å²) in [6.07, 6.45) is -0.210. The summed E-state index contributed by atoms with van der Waals surface area (Å²) in [4.78, 5) is 16.2. The minimum atomic E-state index is -4.53. The van der Waals surface area contributed by atoms with Crippen LogP contribution < -0.4 is 4.74 Å². The molecule has 0 atom stereocenters. The van der Waals surface area contributed by atoms with Crippen LogP contribution in [0.5, 0.6) is 11.6 Å². The summed E-state index contributed by atoms with van der Waals surface area (Å²) in [7, 11) is 0. The van der Waals surface area contributed by atoms with Gasteiger partial charge in [-0.3, -0.25) is 0 Å². The molecule has 1 aromatic heterocycles. The molecule has 4 nitrogen and oxygen atoms in total. The summed E-state index contributed by atoms with van der Waals surface area (Å²) in [6, 6.07) is 5.01. The first kappa shape index (κ1) is 18.2. The summed E-state index contributed by atoms with van der Waals surface area (Å²) >= 11 is 0. The molecule has 0 radical (unpaired) electrons. The Morgan fingerprint density at radius 2 is 1.85 bits per heavy atom. The van der Waals surface area contributed by atoms with Crippen molar-refractivity contribution in [3.05, 3.63) is 52.7 Å². The lowest BCUT2D eigenvalue weighted by molar-refractivity contribution is -0.138. The van der Waals surface area contributed by atoms with Crippen molar-refractivity contribution >= 4 is 5.97 Å². The number of carbonyl (C=O) groups excluding carboxylic acids is 1. The molecule has 1 aliphatic rings. The van der Waals surface area contributed by atoms with Crippen molar-refractivity contribution in [3.8, 4) is 11.6 Å². The Bertz CT molecular complexity index is 818. The molecule has 3 rings (SSSR count). The molecule has 1 aromatic carbocycles. The van der Waals surface area contributed by atoms with Crippen LogP contribution in [0.15, 0.2) is 30.5 Å². The highest BCUT2D eigenvalue weighted by molar-refractivity contribution is 5.91. The van der Waals surface area contributed by atoms with Crippen LogP contribution in [0.2, 0.25) is 0 Å². The van der Waals surface area contributed by atoms with Gasteiger partial charge in [-0.15, -0.1) is 0 Å². The molecule has 0 spiro atoms. The molecular weight excluding hydrogens is 347 g/mol. The Kier molecular flexibility index (Phi) is 5.15. The first-order valence-corrected chi connectivity index (χ1v) is 8.43. The summed E-state index contributed by atoms with van der Waals surface area (Å²) in [5.41, 5.74) is 0.932. The van der Waals surface area contributed by atoms with Gasteiger partial charge in [0, 0.05) is 11.8 Å². The van der Waals surface area contributed by atoms with Gasteiger partial charge in [0.15, 0.2) is 0 Å². The number of alkyl halides is 3. The molecule has 1 aliphatic carbocycles. The SMILES string of the molecule is CCOC(=O)c1cnc(Oc2ccccc2C(F)(F)F)c2c1CCCC2. The van der Waals surface area contributed by atoms with Crippen LogP contribution in [-0.4, -0.2) is 17.6 Å². The van der Waals surface area contributed by atoms with Gasteiger partial charge < -0.3 is 9.47 Å². The van der Waals surface area contributed by atoms with Crippen molar-refractivity contribution in [3.63, 3.8) is 0 Å². The summed E-state index contributed by atoms with van der Waals surface area (Å²) < 4.78 is 50.1. The smallest absolute Gasteiger partial charge is 0.419 e. The number of rotatable bonds is 4. The third kappa shape index (κ3) is 3.66. The van der Waals surface area contributed by atoms with Gasteiger partial charge in [-0.25, -0.2) is 9.78 Å². The van der Waals surface area contributed by atoms with E-state index in [0.717, 1.165) is 24.5 Å². The number of para-hydroxylation sites is 1. The van der Waals surface area contributed by atoms with Crippen molar-refractivity contribution < 1.29 is 27.4 Å². The Morgan fingerprint density at radius 1 is 1.15 bits per heavy atom. The first-order valence-electron chi connectivity index (χ1n) is 8.43. The fraction of sp³-hybridized carbons (Fsp3) is 0.368. The van der Waals surface area contributed by atoms with Gasteiger partial charge in [-0.1, -0.05) is 12.1 Å². The maximum absolute atomic E-state index is 13.2. The molecule has 0 fully saturated rings. The maximum Gasteiger partial charge on any atom is 0.419 e. The second kappa shape index (κ2) is 7.35. The van der Waals surface area contributed by atoms with E-state index >= 15 is 0 Å². The number of pyridine rings is 1. The molecule has 1 heterocycles. The largest absolute Gasteiger partial charge is 0.462 e. The van der Waals surface area contributed by atoms with E-state index in [9.17, 15) is 18.0 Å². The number of ether oxygens (including phenoxy) is 2. The van der Waals surface area contributed by atoms with Crippen LogP contribution in [0.4, 0.5) is 13.2 Å². The molecule has 0 N–H and O–H groups in total. The van der Waals surface area contributed by atoms with E-state index in [4.69, 9.17) is 9.47 Å². The Hall–Kier alpha value is -2.57. The second-order valence-corrected chi connectivity index (χ2v) is 5.96. The standard InChI is InChI=1S/C19H18F3NO3/c1-2-25-18(24)14-11-23-17(13-8-4-3-7-12(13)14)26-16-10-6-5-9-15(16)19(20,21)22/h5-6,9-11H,2-4,7-8H2,1H3. The van der Waals surface area contributed by atoms with Gasteiger partial charge in [-0.2, -0.15) is 13.2 Å². The molecule has 0 unspecified atom stereocenters. The zero-order chi connectivity index (χ0) is 18.7. The average molecular weight is 365 g/mol.